The number of aliphatic imine (C=N–C) groups is 1. The number of nitrogens with one attached hydrogen (secondary N) is 1. The Balaban J connectivity index is 1.23. The Kier molecular flexibility index (Phi) is 6.41. The van der Waals surface area contributed by atoms with Crippen LogP contribution in [0.4, 0.5) is 10.3 Å². The molecule has 1 amide bonds. The van der Waals surface area contributed by atoms with Gasteiger partial charge >= 0.3 is 0 Å². The van der Waals surface area contributed by atoms with Gasteiger partial charge in [0.05, 0.1) is 11.1 Å². The van der Waals surface area contributed by atoms with E-state index in [1.165, 1.54) is 29.0 Å². The van der Waals surface area contributed by atoms with Gasteiger partial charge in [0.15, 0.2) is 11.6 Å². The molecular weight excluding hydrogens is 515 g/mol. The molecule has 1 saturated heterocycles. The Morgan fingerprint density at radius 3 is 2.75 bits per heavy atom. The van der Waals surface area contributed by atoms with Gasteiger partial charge in [0.1, 0.15) is 17.5 Å². The van der Waals surface area contributed by atoms with Gasteiger partial charge in [0, 0.05) is 62.7 Å². The summed E-state index contributed by atoms with van der Waals surface area (Å²) < 4.78 is 22.5. The lowest BCUT2D eigenvalue weighted by Gasteiger charge is -2.33. The van der Waals surface area contributed by atoms with Crippen molar-refractivity contribution < 1.29 is 19.0 Å². The van der Waals surface area contributed by atoms with Crippen molar-refractivity contribution in [2.24, 2.45) is 12.0 Å². The molecule has 0 saturated carbocycles. The highest BCUT2D eigenvalue weighted by atomic mass is 19.1. The molecule has 10 nitrogen and oxygen atoms in total. The highest BCUT2D eigenvalue weighted by molar-refractivity contribution is 5.90. The summed E-state index contributed by atoms with van der Waals surface area (Å²) in [5, 5.41) is 14.2. The van der Waals surface area contributed by atoms with Crippen molar-refractivity contribution in [2.75, 3.05) is 18.4 Å². The zero-order chi connectivity index (χ0) is 28.0. The van der Waals surface area contributed by atoms with Gasteiger partial charge in [-0.05, 0) is 48.7 Å². The number of nitrogens with zero attached hydrogens (tertiary/aromatic N) is 5. The van der Waals surface area contributed by atoms with Crippen molar-refractivity contribution >= 4 is 29.0 Å². The topological polar surface area (TPSA) is 122 Å². The molecule has 0 spiro atoms. The first-order chi connectivity index (χ1) is 19.3. The first-order valence-electron chi connectivity index (χ1n) is 13.0. The standard InChI is InChI=1S/C29H27FN6O4/c1-16(37)36-9-3-4-18(15-36)34-29-33-13-21(28(39)35(29)2)17-5-6-27(22(30)10-17)40-26-7-8-31-23-11-19(24-14-32-24)25(38)12-20(23)26/h5-8,10-14,18,24,38H,3-4,9,15H2,1-2H3,(H,33,34). The van der Waals surface area contributed by atoms with E-state index in [9.17, 15) is 14.7 Å². The second kappa shape index (κ2) is 10.1. The van der Waals surface area contributed by atoms with Gasteiger partial charge in [-0.25, -0.2) is 9.37 Å². The second-order valence-corrected chi connectivity index (χ2v) is 10.0. The van der Waals surface area contributed by atoms with Crippen molar-refractivity contribution in [3.8, 4) is 28.4 Å². The average Bonchev–Trinajstić information content (AvgIpc) is 3.78. The molecule has 2 aromatic heterocycles. The first-order valence-corrected chi connectivity index (χ1v) is 13.0. The Bertz CT molecular complexity index is 1730. The van der Waals surface area contributed by atoms with Crippen LogP contribution in [-0.2, 0) is 11.8 Å². The van der Waals surface area contributed by atoms with Gasteiger partial charge < -0.3 is 20.1 Å². The molecule has 40 heavy (non-hydrogen) atoms. The van der Waals surface area contributed by atoms with E-state index in [1.54, 1.807) is 49.5 Å². The number of fused-ring (bicyclic) bond motifs is 1. The molecule has 2 aliphatic rings. The number of piperidine rings is 1. The second-order valence-electron chi connectivity index (χ2n) is 10.0. The largest absolute Gasteiger partial charge is 0.508 e. The molecule has 2 unspecified atom stereocenters. The van der Waals surface area contributed by atoms with Crippen LogP contribution < -0.4 is 15.6 Å². The molecule has 0 aliphatic carbocycles. The molecule has 0 radical (unpaired) electrons. The van der Waals surface area contributed by atoms with Gasteiger partial charge in [0.25, 0.3) is 5.56 Å². The number of phenolic OH excluding ortho intramolecular Hbond substituents is 1. The molecule has 2 aliphatic heterocycles. The lowest BCUT2D eigenvalue weighted by atomic mass is 10.1. The summed E-state index contributed by atoms with van der Waals surface area (Å²) in [6, 6.07) is 8.99. The van der Waals surface area contributed by atoms with Crippen molar-refractivity contribution in [3.63, 3.8) is 0 Å². The number of carbonyl (C=O) groups excluding carboxylic acids is 1. The highest BCUT2D eigenvalue weighted by Crippen LogP contribution is 2.38. The quantitative estimate of drug-likeness (QED) is 0.375. The van der Waals surface area contributed by atoms with E-state index in [0.29, 0.717) is 40.3 Å². The average molecular weight is 543 g/mol. The number of anilines is 1. The monoisotopic (exact) mass is 542 g/mol. The van der Waals surface area contributed by atoms with Crippen LogP contribution in [0.15, 0.2) is 58.6 Å². The third-order valence-corrected chi connectivity index (χ3v) is 7.30. The van der Waals surface area contributed by atoms with E-state index in [0.717, 1.165) is 19.4 Å². The van der Waals surface area contributed by atoms with Crippen molar-refractivity contribution in [1.82, 2.24) is 19.4 Å². The fourth-order valence-corrected chi connectivity index (χ4v) is 5.01. The van der Waals surface area contributed by atoms with Crippen LogP contribution in [0, 0.1) is 5.82 Å². The van der Waals surface area contributed by atoms with Crippen LogP contribution in [0.1, 0.15) is 31.4 Å². The molecule has 2 N–H and O–H groups in total. The van der Waals surface area contributed by atoms with Gasteiger partial charge in [-0.1, -0.05) is 6.07 Å². The summed E-state index contributed by atoms with van der Waals surface area (Å²) in [6.07, 6.45) is 6.42. The van der Waals surface area contributed by atoms with Crippen LogP contribution in [0.25, 0.3) is 22.0 Å². The minimum absolute atomic E-state index is 0.0183. The fourth-order valence-electron chi connectivity index (χ4n) is 5.01. The van der Waals surface area contributed by atoms with E-state index in [4.69, 9.17) is 4.74 Å². The van der Waals surface area contributed by atoms with Crippen molar-refractivity contribution in [3.05, 3.63) is 70.5 Å². The third kappa shape index (κ3) is 4.86. The predicted octanol–water partition coefficient (Wildman–Crippen LogP) is 4.18. The molecule has 2 atom stereocenters. The molecular formula is C29H27FN6O4. The Morgan fingerprint density at radius 1 is 1.18 bits per heavy atom. The number of pyridine rings is 1. The first kappa shape index (κ1) is 25.5. The molecule has 6 rings (SSSR count). The van der Waals surface area contributed by atoms with Crippen LogP contribution in [0.5, 0.6) is 17.2 Å². The SMILES string of the molecule is CC(=O)N1CCCC(Nc2ncc(-c3ccc(Oc4ccnc5cc(C6C=N6)c(O)cc45)c(F)c3)c(=O)n2C)C1. The normalized spacial score (nSPS) is 18.1. The van der Waals surface area contributed by atoms with Crippen molar-refractivity contribution in [2.45, 2.75) is 31.8 Å². The lowest BCUT2D eigenvalue weighted by Crippen LogP contribution is -2.45. The zero-order valence-electron chi connectivity index (χ0n) is 22.0. The lowest BCUT2D eigenvalue weighted by molar-refractivity contribution is -0.129. The third-order valence-electron chi connectivity index (χ3n) is 7.30. The minimum atomic E-state index is -0.662. The maximum atomic E-state index is 15.2. The van der Waals surface area contributed by atoms with Gasteiger partial charge in [-0.15, -0.1) is 0 Å². The van der Waals surface area contributed by atoms with Crippen LogP contribution in [-0.4, -0.2) is 55.8 Å². The molecule has 4 heterocycles. The summed E-state index contributed by atoms with van der Waals surface area (Å²) in [7, 11) is 1.60. The molecule has 2 aromatic carbocycles. The number of likely N-dealkylation sites (tertiary alicyclic amines) is 1. The Hall–Kier alpha value is -4.80. The van der Waals surface area contributed by atoms with Crippen LogP contribution in [0.3, 0.4) is 0 Å². The molecule has 11 heteroatoms. The zero-order valence-corrected chi connectivity index (χ0v) is 22.0. The van der Waals surface area contributed by atoms with Gasteiger partial charge in [-0.3, -0.25) is 24.1 Å². The van der Waals surface area contributed by atoms with E-state index >= 15 is 4.39 Å². The number of aromatic hydroxyl groups is 1. The summed E-state index contributed by atoms with van der Waals surface area (Å²) in [4.78, 5) is 39.5. The number of rotatable bonds is 6. The van der Waals surface area contributed by atoms with Crippen LogP contribution >= 0.6 is 0 Å². The van der Waals surface area contributed by atoms with Gasteiger partial charge in [-0.2, -0.15) is 0 Å². The van der Waals surface area contributed by atoms with E-state index < -0.39 is 5.82 Å². The number of ether oxygens (including phenoxy) is 1. The number of amides is 1. The number of hydrogen-bond donors (Lipinski definition) is 2. The maximum Gasteiger partial charge on any atom is 0.262 e. The molecule has 1 fully saturated rings. The summed E-state index contributed by atoms with van der Waals surface area (Å²) in [5.74, 6) is 0.0881. The predicted molar refractivity (Wildman–Crippen MR) is 148 cm³/mol. The smallest absolute Gasteiger partial charge is 0.262 e. The Labute approximate surface area is 228 Å². The van der Waals surface area contributed by atoms with E-state index in [1.807, 2.05) is 0 Å². The number of hydrogen-bond acceptors (Lipinski definition) is 8. The summed E-state index contributed by atoms with van der Waals surface area (Å²) in [5.41, 5.74) is 1.50. The highest BCUT2D eigenvalue weighted by Gasteiger charge is 2.24. The minimum Gasteiger partial charge on any atom is -0.508 e. The number of phenols is 1. The summed E-state index contributed by atoms with van der Waals surface area (Å²) >= 11 is 0. The number of benzene rings is 2. The van der Waals surface area contributed by atoms with Gasteiger partial charge in [0.2, 0.25) is 11.9 Å². The van der Waals surface area contributed by atoms with E-state index in [2.05, 4.69) is 20.3 Å². The number of halogens is 1. The van der Waals surface area contributed by atoms with Crippen LogP contribution in [0.2, 0.25) is 0 Å². The fraction of sp³-hybridized carbons (Fsp3) is 0.276. The maximum absolute atomic E-state index is 15.2. The molecule has 4 aromatic rings. The van der Waals surface area contributed by atoms with Crippen molar-refractivity contribution in [1.29, 1.82) is 0 Å². The molecule has 204 valence electrons. The number of carbonyl (C=O) groups is 1. The summed E-state index contributed by atoms with van der Waals surface area (Å²) in [6.45, 7) is 2.81. The Morgan fingerprint density at radius 2 is 2.00 bits per heavy atom. The van der Waals surface area contributed by atoms with E-state index in [-0.39, 0.29) is 40.6 Å². The number of aromatic nitrogens is 3. The molecule has 0 bridgehead atoms.